The number of methoxy groups -OCH3 is 1. The van der Waals surface area contributed by atoms with Crippen LogP contribution in [0.4, 0.5) is 0 Å². The predicted octanol–water partition coefficient (Wildman–Crippen LogP) is -0.904. The van der Waals surface area contributed by atoms with Crippen LogP contribution < -0.4 is 0 Å². The van der Waals surface area contributed by atoms with E-state index in [0.717, 1.165) is 20.5 Å². The summed E-state index contributed by atoms with van der Waals surface area (Å²) in [5.41, 5.74) is 0. The van der Waals surface area contributed by atoms with Gasteiger partial charge in [-0.05, 0) is 5.16 Å². The van der Waals surface area contributed by atoms with Crippen LogP contribution in [0, 0.1) is 0 Å². The molecule has 0 fully saturated rings. The number of carbonyl (C=O) groups is 1. The first-order chi connectivity index (χ1) is 5.90. The third kappa shape index (κ3) is 5.01. The smallest absolute Gasteiger partial charge is 0.398 e. The molecule has 0 aliphatic carbocycles. The van der Waals surface area contributed by atoms with E-state index in [0.29, 0.717) is 0 Å². The van der Waals surface area contributed by atoms with E-state index >= 15 is 0 Å². The first-order valence-corrected chi connectivity index (χ1v) is 4.81. The van der Waals surface area contributed by atoms with Crippen molar-refractivity contribution in [2.75, 3.05) is 20.5 Å². The van der Waals surface area contributed by atoms with E-state index in [1.165, 1.54) is 0 Å². The third-order valence-electron chi connectivity index (χ3n) is 0.765. The quantitative estimate of drug-likeness (QED) is 0.193. The Hall–Kier alpha value is -1.31. The molecule has 0 radical (unpaired) electrons. The lowest BCUT2D eigenvalue weighted by Crippen LogP contribution is -2.22. The maximum atomic E-state index is 10.8. The van der Waals surface area contributed by atoms with Gasteiger partial charge in [-0.15, -0.1) is 0 Å². The molecule has 0 saturated heterocycles. The fraction of sp³-hybridized carbons (Fsp3) is 0.600. The molecular formula is C5H9NO6S. The van der Waals surface area contributed by atoms with Crippen molar-refractivity contribution in [3.8, 4) is 0 Å². The van der Waals surface area contributed by atoms with Crippen LogP contribution in [0.25, 0.3) is 0 Å². The van der Waals surface area contributed by atoms with Crippen LogP contribution >= 0.6 is 0 Å². The maximum absolute atomic E-state index is 10.8. The lowest BCUT2D eigenvalue weighted by atomic mass is 10.7. The number of oxime groups is 1. The van der Waals surface area contributed by atoms with Gasteiger partial charge in [-0.25, -0.2) is 4.79 Å². The monoisotopic (exact) mass is 211 g/mol. The van der Waals surface area contributed by atoms with Gasteiger partial charge in [0.15, 0.2) is 0 Å². The molecule has 0 bridgehead atoms. The average Bonchev–Trinajstić information content (AvgIpc) is 2.00. The number of nitrogens with zero attached hydrogens (tertiary/aromatic N) is 1. The maximum Gasteiger partial charge on any atom is 0.398 e. The lowest BCUT2D eigenvalue weighted by molar-refractivity contribution is -0.134. The zero-order chi connectivity index (χ0) is 10.5. The van der Waals surface area contributed by atoms with Crippen LogP contribution in [-0.2, 0) is 28.7 Å². The minimum Gasteiger partial charge on any atom is -0.462 e. The van der Waals surface area contributed by atoms with Crippen molar-refractivity contribution in [1.29, 1.82) is 0 Å². The number of hydrogen-bond donors (Lipinski definition) is 0. The van der Waals surface area contributed by atoms with Gasteiger partial charge in [0.05, 0.1) is 13.4 Å². The van der Waals surface area contributed by atoms with Gasteiger partial charge < -0.3 is 13.8 Å². The number of carbonyl (C=O) groups excluding carboxylic acids is 1. The molecule has 13 heavy (non-hydrogen) atoms. The minimum absolute atomic E-state index is 0.765. The van der Waals surface area contributed by atoms with Crippen LogP contribution in [-0.4, -0.2) is 40.8 Å². The molecule has 0 amide bonds. The molecule has 0 aromatic heterocycles. The Morgan fingerprint density at radius 1 is 1.31 bits per heavy atom. The fourth-order valence-electron chi connectivity index (χ4n) is 0.400. The Morgan fingerprint density at radius 2 is 1.85 bits per heavy atom. The summed E-state index contributed by atoms with van der Waals surface area (Å²) >= 11 is 0. The number of esters is 1. The van der Waals surface area contributed by atoms with Crippen molar-refractivity contribution in [2.24, 2.45) is 5.16 Å². The summed E-state index contributed by atoms with van der Waals surface area (Å²) in [6, 6.07) is 0. The van der Waals surface area contributed by atoms with Crippen LogP contribution in [0.1, 0.15) is 0 Å². The van der Waals surface area contributed by atoms with Crippen LogP contribution in [0.3, 0.4) is 0 Å². The Morgan fingerprint density at radius 3 is 2.15 bits per heavy atom. The topological polar surface area (TPSA) is 91.3 Å². The van der Waals surface area contributed by atoms with Gasteiger partial charge in [0.25, 0.3) is 0 Å². The second kappa shape index (κ2) is 4.65. The van der Waals surface area contributed by atoms with Crippen molar-refractivity contribution >= 4 is 22.0 Å². The normalized spacial score (nSPS) is 12.1. The van der Waals surface area contributed by atoms with Gasteiger partial charge in [-0.2, -0.15) is 8.42 Å². The molecule has 0 aromatic rings. The van der Waals surface area contributed by atoms with Gasteiger partial charge >= 0.3 is 22.0 Å². The van der Waals surface area contributed by atoms with E-state index in [1.807, 2.05) is 0 Å². The largest absolute Gasteiger partial charge is 0.462 e. The molecule has 8 heteroatoms. The zero-order valence-electron chi connectivity index (χ0n) is 7.30. The predicted molar refractivity (Wildman–Crippen MR) is 42.4 cm³/mol. The second-order valence-corrected chi connectivity index (χ2v) is 3.43. The van der Waals surface area contributed by atoms with E-state index in [9.17, 15) is 13.2 Å². The van der Waals surface area contributed by atoms with Crippen molar-refractivity contribution in [2.45, 2.75) is 0 Å². The average molecular weight is 211 g/mol. The summed E-state index contributed by atoms with van der Waals surface area (Å²) in [5.74, 6) is -1.81. The first kappa shape index (κ1) is 11.7. The molecule has 0 unspecified atom stereocenters. The summed E-state index contributed by atoms with van der Waals surface area (Å²) in [6.45, 7) is 0. The summed E-state index contributed by atoms with van der Waals surface area (Å²) in [4.78, 5) is 14.9. The Balaban J connectivity index is 4.65. The van der Waals surface area contributed by atoms with Gasteiger partial charge in [0.1, 0.15) is 7.11 Å². The summed E-state index contributed by atoms with van der Waals surface area (Å²) in [6.07, 6.45) is 0.765. The van der Waals surface area contributed by atoms with Gasteiger partial charge in [0.2, 0.25) is 0 Å². The molecule has 0 aliphatic heterocycles. The molecule has 0 atom stereocenters. The summed E-state index contributed by atoms with van der Waals surface area (Å²) in [5, 5.41) is 3.02. The number of hydrogen-bond acceptors (Lipinski definition) is 7. The van der Waals surface area contributed by atoms with Crippen LogP contribution in [0.5, 0.6) is 0 Å². The molecule has 0 N–H and O–H groups in total. The highest BCUT2D eigenvalue weighted by atomic mass is 32.2. The zero-order valence-corrected chi connectivity index (χ0v) is 8.12. The Bertz CT molecular complexity index is 305. The highest BCUT2D eigenvalue weighted by Crippen LogP contribution is 1.93. The SMILES string of the molecule is CO/N=C(\OS(C)(=O)=O)C(=O)OC. The molecule has 0 aliphatic rings. The second-order valence-electron chi connectivity index (χ2n) is 1.86. The van der Waals surface area contributed by atoms with E-state index in [1.54, 1.807) is 0 Å². The standard InChI is InChI=1S/C5H9NO6S/c1-10-5(7)4(6-11-2)12-13(3,8)9/h1-3H3/b6-4-. The molecule has 0 aromatic carbocycles. The first-order valence-electron chi connectivity index (χ1n) is 2.99. The minimum atomic E-state index is -3.81. The van der Waals surface area contributed by atoms with Gasteiger partial charge in [-0.1, -0.05) is 0 Å². The van der Waals surface area contributed by atoms with Crippen molar-refractivity contribution in [1.82, 2.24) is 0 Å². The van der Waals surface area contributed by atoms with Gasteiger partial charge in [-0.3, -0.25) is 0 Å². The molecule has 0 spiro atoms. The Kier molecular flexibility index (Phi) is 4.18. The third-order valence-corrected chi connectivity index (χ3v) is 1.23. The van der Waals surface area contributed by atoms with E-state index in [2.05, 4.69) is 18.9 Å². The van der Waals surface area contributed by atoms with E-state index in [-0.39, 0.29) is 0 Å². The number of ether oxygens (including phenoxy) is 1. The van der Waals surface area contributed by atoms with Crippen molar-refractivity contribution < 1.29 is 27.0 Å². The molecule has 7 nitrogen and oxygen atoms in total. The van der Waals surface area contributed by atoms with Crippen LogP contribution in [0.2, 0.25) is 0 Å². The molecule has 0 saturated carbocycles. The van der Waals surface area contributed by atoms with E-state index < -0.39 is 22.0 Å². The number of rotatable bonds is 2. The molecule has 76 valence electrons. The molecule has 0 heterocycles. The summed E-state index contributed by atoms with van der Waals surface area (Å²) < 4.78 is 29.5. The molecular weight excluding hydrogens is 202 g/mol. The lowest BCUT2D eigenvalue weighted by Gasteiger charge is -2.02. The highest BCUT2D eigenvalue weighted by Gasteiger charge is 2.19. The fourth-order valence-corrected chi connectivity index (χ4v) is 0.785. The van der Waals surface area contributed by atoms with E-state index in [4.69, 9.17) is 0 Å². The molecule has 0 rings (SSSR count). The van der Waals surface area contributed by atoms with Crippen LogP contribution in [0.15, 0.2) is 5.16 Å². The van der Waals surface area contributed by atoms with Crippen molar-refractivity contribution in [3.05, 3.63) is 0 Å². The highest BCUT2D eigenvalue weighted by molar-refractivity contribution is 7.86. The Labute approximate surface area is 75.4 Å². The van der Waals surface area contributed by atoms with Crippen molar-refractivity contribution in [3.63, 3.8) is 0 Å². The van der Waals surface area contributed by atoms with Gasteiger partial charge in [0, 0.05) is 0 Å². The summed E-state index contributed by atoms with van der Waals surface area (Å²) in [7, 11) is -1.62.